The summed E-state index contributed by atoms with van der Waals surface area (Å²) < 4.78 is 18.1. The molecular weight excluding hydrogens is 387 g/mol. The quantitative estimate of drug-likeness (QED) is 0.212. The smallest absolute Gasteiger partial charge is 0.116 e. The molecule has 169 valence electrons. The number of ether oxygens (including phenoxy) is 1. The maximum Gasteiger partial charge on any atom is 0.116 e. The molecule has 0 bridgehead atoms. The Balaban J connectivity index is 0.000000222. The fraction of sp³-hybridized carbons (Fsp3) is 0.500. The van der Waals surface area contributed by atoms with Crippen LogP contribution in [0.1, 0.15) is 65.2 Å². The van der Waals surface area contributed by atoms with Crippen LogP contribution in [0.3, 0.4) is 0 Å². The molecule has 0 aromatic heterocycles. The zero-order chi connectivity index (χ0) is 22.3. The van der Waals surface area contributed by atoms with Crippen molar-refractivity contribution in [3.05, 3.63) is 60.7 Å². The van der Waals surface area contributed by atoms with E-state index in [1.54, 1.807) is 0 Å². The maximum absolute atomic E-state index is 12.6. The summed E-state index contributed by atoms with van der Waals surface area (Å²) in [6.45, 7) is 4.32. The maximum atomic E-state index is 12.6. The van der Waals surface area contributed by atoms with Gasteiger partial charge in [-0.05, 0) is 47.2 Å². The Labute approximate surface area is 187 Å². The van der Waals surface area contributed by atoms with Crippen LogP contribution in [-0.2, 0) is 9.84 Å². The molecule has 2 unspecified atom stereocenters. The molecule has 1 radical (unpaired) electrons. The van der Waals surface area contributed by atoms with E-state index in [1.807, 2.05) is 6.92 Å². The van der Waals surface area contributed by atoms with Gasteiger partial charge in [-0.1, -0.05) is 100 Å². The number of hydrogen-bond donors (Lipinski definition) is 0. The lowest BCUT2D eigenvalue weighted by molar-refractivity contribution is 0.0249. The van der Waals surface area contributed by atoms with Crippen molar-refractivity contribution in [2.75, 3.05) is 13.3 Å². The Morgan fingerprint density at radius 3 is 1.90 bits per heavy atom. The van der Waals surface area contributed by atoms with Crippen molar-refractivity contribution in [3.8, 4) is 0 Å². The van der Waals surface area contributed by atoms with Gasteiger partial charge in [-0.2, -0.15) is 0 Å². The van der Waals surface area contributed by atoms with Gasteiger partial charge in [-0.25, -0.2) is 9.50 Å². The number of benzene rings is 3. The van der Waals surface area contributed by atoms with Crippen LogP contribution in [0.5, 0.6) is 0 Å². The summed E-state index contributed by atoms with van der Waals surface area (Å²) in [7, 11) is 0. The van der Waals surface area contributed by atoms with Gasteiger partial charge in [0.2, 0.25) is 0 Å². The number of alkyl halides is 1. The molecule has 31 heavy (non-hydrogen) atoms. The second-order valence-corrected chi connectivity index (χ2v) is 8.18. The molecule has 3 rings (SSSR count). The lowest BCUT2D eigenvalue weighted by atomic mass is 10.0. The topological polar surface area (TPSA) is 29.1 Å². The molecule has 0 N–H and O–H groups in total. The zero-order valence-electron chi connectivity index (χ0n) is 19.2. The van der Waals surface area contributed by atoms with E-state index >= 15 is 0 Å². The van der Waals surface area contributed by atoms with Crippen LogP contribution in [0.15, 0.2) is 60.7 Å². The van der Waals surface area contributed by atoms with Gasteiger partial charge >= 0.3 is 0 Å². The summed E-state index contributed by atoms with van der Waals surface area (Å²) in [4.78, 5) is 0. The molecule has 2 nitrogen and oxygen atoms in total. The summed E-state index contributed by atoms with van der Waals surface area (Å²) in [6, 6.07) is 21.4. The van der Waals surface area contributed by atoms with Crippen LogP contribution < -0.4 is 0 Å². The number of unbranched alkanes of at least 4 members (excludes halogenated alkanes) is 3. The third-order valence-corrected chi connectivity index (χ3v) is 5.69. The summed E-state index contributed by atoms with van der Waals surface area (Å²) >= 11 is 0. The molecule has 0 saturated heterocycles. The molecule has 0 spiro atoms. The first kappa shape index (κ1) is 25.3. The molecule has 0 saturated carbocycles. The van der Waals surface area contributed by atoms with Gasteiger partial charge in [-0.3, -0.25) is 0 Å². The fourth-order valence-corrected chi connectivity index (χ4v) is 3.71. The van der Waals surface area contributed by atoms with E-state index in [4.69, 9.17) is 4.74 Å². The Kier molecular flexibility index (Phi) is 12.2. The highest BCUT2D eigenvalue weighted by Crippen LogP contribution is 2.24. The van der Waals surface area contributed by atoms with E-state index in [1.165, 1.54) is 21.5 Å². The molecule has 3 aromatic rings. The standard InChI is InChI=1S/C14H28FO2.C14H10/c1-3-5-8-11-17-14(12-15)10-7-6-9-13(16)4-2;1-3-7-13-11(5-1)9-10-12-6-2-4-8-14(12)13/h13-14H,3-12H2,1-2H3;1-10H. The minimum absolute atomic E-state index is 0.251. The molecule has 0 aliphatic carbocycles. The van der Waals surface area contributed by atoms with E-state index in [-0.39, 0.29) is 6.10 Å². The number of rotatable bonds is 12. The first-order valence-corrected chi connectivity index (χ1v) is 11.9. The van der Waals surface area contributed by atoms with Crippen LogP contribution in [-0.4, -0.2) is 25.5 Å². The van der Waals surface area contributed by atoms with E-state index in [0.29, 0.717) is 19.4 Å². The first-order chi connectivity index (χ1) is 15.2. The fourth-order valence-electron chi connectivity index (χ4n) is 3.71. The average molecular weight is 426 g/mol. The monoisotopic (exact) mass is 425 g/mol. The normalized spacial score (nSPS) is 13.0. The second kappa shape index (κ2) is 14.9. The largest absolute Gasteiger partial charge is 0.376 e. The SMILES string of the molecule is CCCCCOC(CF)CCCCC([O])CC.c1ccc2c(c1)ccc1ccccc12. The van der Waals surface area contributed by atoms with Crippen LogP contribution in [0.2, 0.25) is 0 Å². The van der Waals surface area contributed by atoms with E-state index < -0.39 is 12.8 Å². The molecule has 3 heteroatoms. The third kappa shape index (κ3) is 8.96. The molecule has 0 amide bonds. The van der Waals surface area contributed by atoms with Crippen LogP contribution in [0, 0.1) is 0 Å². The van der Waals surface area contributed by atoms with E-state index in [9.17, 15) is 9.50 Å². The highest BCUT2D eigenvalue weighted by molar-refractivity contribution is 6.07. The average Bonchev–Trinajstić information content (AvgIpc) is 2.83. The van der Waals surface area contributed by atoms with Crippen molar-refractivity contribution in [3.63, 3.8) is 0 Å². The number of halogens is 1. The number of hydrogen-bond acceptors (Lipinski definition) is 1. The lowest BCUT2D eigenvalue weighted by Gasteiger charge is -2.14. The highest BCUT2D eigenvalue weighted by atomic mass is 19.1. The Hall–Kier alpha value is -1.97. The van der Waals surface area contributed by atoms with Crippen molar-refractivity contribution in [1.82, 2.24) is 0 Å². The van der Waals surface area contributed by atoms with Gasteiger partial charge in [0.15, 0.2) is 0 Å². The molecule has 2 atom stereocenters. The molecule has 0 aliphatic rings. The van der Waals surface area contributed by atoms with E-state index in [0.717, 1.165) is 38.5 Å². The van der Waals surface area contributed by atoms with Gasteiger partial charge < -0.3 is 4.74 Å². The lowest BCUT2D eigenvalue weighted by Crippen LogP contribution is -2.16. The number of fused-ring (bicyclic) bond motifs is 3. The van der Waals surface area contributed by atoms with Crippen molar-refractivity contribution in [2.45, 2.75) is 77.4 Å². The summed E-state index contributed by atoms with van der Waals surface area (Å²) in [5.74, 6) is 0. The molecular formula is C28H38FO2. The minimum atomic E-state index is -0.440. The van der Waals surface area contributed by atoms with Crippen LogP contribution in [0.4, 0.5) is 4.39 Å². The van der Waals surface area contributed by atoms with Crippen molar-refractivity contribution in [1.29, 1.82) is 0 Å². The predicted octanol–water partition coefficient (Wildman–Crippen LogP) is 8.29. The zero-order valence-corrected chi connectivity index (χ0v) is 19.2. The van der Waals surface area contributed by atoms with Crippen molar-refractivity contribution >= 4 is 21.5 Å². The summed E-state index contributed by atoms with van der Waals surface area (Å²) in [5.41, 5.74) is 0. The Morgan fingerprint density at radius 1 is 0.774 bits per heavy atom. The van der Waals surface area contributed by atoms with Gasteiger partial charge in [0, 0.05) is 6.61 Å². The first-order valence-electron chi connectivity index (χ1n) is 11.9. The van der Waals surface area contributed by atoms with Crippen LogP contribution >= 0.6 is 0 Å². The van der Waals surface area contributed by atoms with Gasteiger partial charge in [0.25, 0.3) is 0 Å². The third-order valence-electron chi connectivity index (χ3n) is 5.69. The molecule has 0 fully saturated rings. The van der Waals surface area contributed by atoms with Gasteiger partial charge in [-0.15, -0.1) is 0 Å². The Bertz CT molecular complexity index is 809. The van der Waals surface area contributed by atoms with Gasteiger partial charge in [0.1, 0.15) is 6.67 Å². The highest BCUT2D eigenvalue weighted by Gasteiger charge is 2.09. The predicted molar refractivity (Wildman–Crippen MR) is 130 cm³/mol. The van der Waals surface area contributed by atoms with Crippen molar-refractivity contribution in [2.24, 2.45) is 0 Å². The van der Waals surface area contributed by atoms with E-state index in [2.05, 4.69) is 67.6 Å². The van der Waals surface area contributed by atoms with Crippen LogP contribution in [0.25, 0.3) is 21.5 Å². The summed E-state index contributed by atoms with van der Waals surface area (Å²) in [6.07, 6.45) is 6.59. The molecule has 0 heterocycles. The minimum Gasteiger partial charge on any atom is -0.376 e. The summed E-state index contributed by atoms with van der Waals surface area (Å²) in [5, 5.41) is 16.4. The second-order valence-electron chi connectivity index (χ2n) is 8.18. The van der Waals surface area contributed by atoms with Gasteiger partial charge in [0.05, 0.1) is 12.2 Å². The van der Waals surface area contributed by atoms with Crippen molar-refractivity contribution < 1.29 is 14.2 Å². The molecule has 3 aromatic carbocycles. The Morgan fingerprint density at radius 2 is 1.35 bits per heavy atom. The molecule has 0 aliphatic heterocycles.